The first-order chi connectivity index (χ1) is 7.31. The molecule has 0 aromatic carbocycles. The maximum atomic E-state index is 10.7. The Kier molecular flexibility index (Phi) is 4.42. The number of rotatable bonds is 2. The SMILES string of the molecule is CN(C)C1(C(O)C(C)(C)C)CCCCCC1. The van der Waals surface area contributed by atoms with E-state index in [0.29, 0.717) is 0 Å². The van der Waals surface area contributed by atoms with Gasteiger partial charge in [-0.2, -0.15) is 0 Å². The Bertz CT molecular complexity index is 209. The minimum Gasteiger partial charge on any atom is -0.391 e. The Morgan fingerprint density at radius 1 is 1.00 bits per heavy atom. The minimum absolute atomic E-state index is 0.00521. The molecule has 0 saturated heterocycles. The van der Waals surface area contributed by atoms with E-state index in [2.05, 4.69) is 39.8 Å². The fraction of sp³-hybridized carbons (Fsp3) is 1.00. The highest BCUT2D eigenvalue weighted by atomic mass is 16.3. The van der Waals surface area contributed by atoms with Crippen molar-refractivity contribution < 1.29 is 5.11 Å². The van der Waals surface area contributed by atoms with Crippen LogP contribution >= 0.6 is 0 Å². The maximum Gasteiger partial charge on any atom is 0.0771 e. The number of nitrogens with zero attached hydrogens (tertiary/aromatic N) is 1. The van der Waals surface area contributed by atoms with Gasteiger partial charge in [0.25, 0.3) is 0 Å². The van der Waals surface area contributed by atoms with Gasteiger partial charge in [-0.25, -0.2) is 0 Å². The first-order valence-corrected chi connectivity index (χ1v) is 6.66. The van der Waals surface area contributed by atoms with Crippen molar-refractivity contribution in [2.45, 2.75) is 70.9 Å². The lowest BCUT2D eigenvalue weighted by Crippen LogP contribution is -2.57. The van der Waals surface area contributed by atoms with E-state index in [1.807, 2.05) is 0 Å². The zero-order chi connectivity index (χ0) is 12.4. The van der Waals surface area contributed by atoms with E-state index in [4.69, 9.17) is 0 Å². The van der Waals surface area contributed by atoms with Gasteiger partial charge in [-0.15, -0.1) is 0 Å². The summed E-state index contributed by atoms with van der Waals surface area (Å²) in [5, 5.41) is 10.7. The summed E-state index contributed by atoms with van der Waals surface area (Å²) in [6.45, 7) is 6.44. The van der Waals surface area contributed by atoms with Crippen LogP contribution in [0.1, 0.15) is 59.3 Å². The molecule has 0 aromatic rings. The second kappa shape index (κ2) is 5.05. The topological polar surface area (TPSA) is 23.5 Å². The van der Waals surface area contributed by atoms with Gasteiger partial charge in [-0.3, -0.25) is 0 Å². The molecule has 96 valence electrons. The zero-order valence-electron chi connectivity index (χ0n) is 11.7. The molecule has 1 unspecified atom stereocenters. The van der Waals surface area contributed by atoms with Crippen LogP contribution in [0.3, 0.4) is 0 Å². The number of likely N-dealkylation sites (N-methyl/N-ethyl adjacent to an activating group) is 1. The Morgan fingerprint density at radius 2 is 1.44 bits per heavy atom. The zero-order valence-corrected chi connectivity index (χ0v) is 11.7. The van der Waals surface area contributed by atoms with Crippen LogP contribution in [-0.4, -0.2) is 35.7 Å². The fourth-order valence-electron chi connectivity index (χ4n) is 3.11. The maximum absolute atomic E-state index is 10.7. The predicted octanol–water partition coefficient (Wildman–Crippen LogP) is 3.05. The lowest BCUT2D eigenvalue weighted by atomic mass is 9.72. The molecule has 1 N–H and O–H groups in total. The van der Waals surface area contributed by atoms with Crippen molar-refractivity contribution in [3.05, 3.63) is 0 Å². The molecule has 0 radical (unpaired) electrons. The average Bonchev–Trinajstić information content (AvgIpc) is 2.40. The lowest BCUT2D eigenvalue weighted by Gasteiger charge is -2.48. The number of aliphatic hydroxyl groups excluding tert-OH is 1. The fourth-order valence-corrected chi connectivity index (χ4v) is 3.11. The van der Waals surface area contributed by atoms with E-state index < -0.39 is 0 Å². The van der Waals surface area contributed by atoms with Crippen molar-refractivity contribution in [1.82, 2.24) is 4.90 Å². The number of aliphatic hydroxyl groups is 1. The molecule has 2 nitrogen and oxygen atoms in total. The average molecular weight is 227 g/mol. The van der Waals surface area contributed by atoms with E-state index in [1.54, 1.807) is 0 Å². The molecule has 1 fully saturated rings. The Balaban J connectivity index is 2.94. The van der Waals surface area contributed by atoms with Gasteiger partial charge in [0.1, 0.15) is 0 Å². The monoisotopic (exact) mass is 227 g/mol. The highest BCUT2D eigenvalue weighted by Crippen LogP contribution is 2.40. The molecule has 0 amide bonds. The van der Waals surface area contributed by atoms with E-state index in [9.17, 15) is 5.11 Å². The number of hydrogen-bond acceptors (Lipinski definition) is 2. The summed E-state index contributed by atoms with van der Waals surface area (Å²) < 4.78 is 0. The van der Waals surface area contributed by atoms with Crippen LogP contribution in [0.2, 0.25) is 0 Å². The molecule has 1 rings (SSSR count). The van der Waals surface area contributed by atoms with Gasteiger partial charge < -0.3 is 10.0 Å². The third kappa shape index (κ3) is 2.78. The second-order valence-corrected chi connectivity index (χ2v) is 6.68. The molecule has 0 bridgehead atoms. The summed E-state index contributed by atoms with van der Waals surface area (Å²) in [6.07, 6.45) is 7.19. The smallest absolute Gasteiger partial charge is 0.0771 e. The predicted molar refractivity (Wildman–Crippen MR) is 69.6 cm³/mol. The van der Waals surface area contributed by atoms with Crippen LogP contribution in [0.5, 0.6) is 0 Å². The third-order valence-electron chi connectivity index (χ3n) is 4.19. The normalized spacial score (nSPS) is 24.2. The van der Waals surface area contributed by atoms with Gasteiger partial charge in [0.2, 0.25) is 0 Å². The van der Waals surface area contributed by atoms with E-state index >= 15 is 0 Å². The summed E-state index contributed by atoms with van der Waals surface area (Å²) in [5.41, 5.74) is -0.0383. The van der Waals surface area contributed by atoms with Crippen molar-refractivity contribution >= 4 is 0 Å². The van der Waals surface area contributed by atoms with Gasteiger partial charge in [0, 0.05) is 5.54 Å². The Morgan fingerprint density at radius 3 is 1.75 bits per heavy atom. The van der Waals surface area contributed by atoms with E-state index in [0.717, 1.165) is 12.8 Å². The van der Waals surface area contributed by atoms with Gasteiger partial charge >= 0.3 is 0 Å². The Labute approximate surface area is 101 Å². The van der Waals surface area contributed by atoms with Crippen LogP contribution < -0.4 is 0 Å². The first kappa shape index (κ1) is 14.0. The van der Waals surface area contributed by atoms with Crippen molar-refractivity contribution in [3.63, 3.8) is 0 Å². The van der Waals surface area contributed by atoms with Crippen molar-refractivity contribution in [1.29, 1.82) is 0 Å². The third-order valence-corrected chi connectivity index (χ3v) is 4.19. The van der Waals surface area contributed by atoms with Crippen molar-refractivity contribution in [2.24, 2.45) is 5.41 Å². The molecule has 0 spiro atoms. The van der Waals surface area contributed by atoms with Crippen LogP contribution in [-0.2, 0) is 0 Å². The first-order valence-electron chi connectivity index (χ1n) is 6.66. The number of hydrogen-bond donors (Lipinski definition) is 1. The molecule has 0 aromatic heterocycles. The molecular weight excluding hydrogens is 198 g/mol. The van der Waals surface area contributed by atoms with Gasteiger partial charge in [-0.1, -0.05) is 46.5 Å². The van der Waals surface area contributed by atoms with Crippen molar-refractivity contribution in [3.8, 4) is 0 Å². The molecule has 1 aliphatic rings. The van der Waals surface area contributed by atoms with Gasteiger partial charge in [0.05, 0.1) is 6.10 Å². The largest absolute Gasteiger partial charge is 0.391 e. The standard InChI is InChI=1S/C14H29NO/c1-13(2,3)12(16)14(15(4)5)10-8-6-7-9-11-14/h12,16H,6-11H2,1-5H3. The van der Waals surface area contributed by atoms with Crippen molar-refractivity contribution in [2.75, 3.05) is 14.1 Å². The molecule has 0 aliphatic heterocycles. The molecular formula is C14H29NO. The van der Waals surface area contributed by atoms with Gasteiger partial charge in [-0.05, 0) is 32.4 Å². The van der Waals surface area contributed by atoms with Crippen LogP contribution in [0.15, 0.2) is 0 Å². The van der Waals surface area contributed by atoms with Crippen LogP contribution in [0.25, 0.3) is 0 Å². The molecule has 1 aliphatic carbocycles. The summed E-state index contributed by atoms with van der Waals surface area (Å²) in [4.78, 5) is 2.27. The molecule has 1 saturated carbocycles. The quantitative estimate of drug-likeness (QED) is 0.733. The van der Waals surface area contributed by atoms with Crippen LogP contribution in [0.4, 0.5) is 0 Å². The lowest BCUT2D eigenvalue weighted by molar-refractivity contribution is -0.0754. The highest BCUT2D eigenvalue weighted by molar-refractivity contribution is 5.00. The Hall–Kier alpha value is -0.0800. The molecule has 16 heavy (non-hydrogen) atoms. The minimum atomic E-state index is -0.243. The van der Waals surface area contributed by atoms with E-state index in [-0.39, 0.29) is 17.1 Å². The summed E-state index contributed by atoms with van der Waals surface area (Å²) >= 11 is 0. The highest BCUT2D eigenvalue weighted by Gasteiger charge is 2.45. The molecule has 2 heteroatoms. The second-order valence-electron chi connectivity index (χ2n) is 6.68. The van der Waals surface area contributed by atoms with E-state index in [1.165, 1.54) is 25.7 Å². The molecule has 0 heterocycles. The molecule has 1 atom stereocenters. The van der Waals surface area contributed by atoms with Crippen LogP contribution in [0, 0.1) is 5.41 Å². The summed E-state index contributed by atoms with van der Waals surface area (Å²) in [5.74, 6) is 0. The van der Waals surface area contributed by atoms with Gasteiger partial charge in [0.15, 0.2) is 0 Å². The summed E-state index contributed by atoms with van der Waals surface area (Å²) in [6, 6.07) is 0. The summed E-state index contributed by atoms with van der Waals surface area (Å²) in [7, 11) is 4.25.